The van der Waals surface area contributed by atoms with E-state index in [1.165, 1.54) is 11.3 Å². The number of rotatable bonds is 6. The van der Waals surface area contributed by atoms with Crippen LogP contribution in [0.15, 0.2) is 42.6 Å². The van der Waals surface area contributed by atoms with E-state index in [0.717, 1.165) is 29.7 Å². The van der Waals surface area contributed by atoms with Gasteiger partial charge in [-0.2, -0.15) is 0 Å². The van der Waals surface area contributed by atoms with Gasteiger partial charge in [-0.05, 0) is 55.5 Å². The first kappa shape index (κ1) is 21.6. The van der Waals surface area contributed by atoms with Crippen LogP contribution in [0.3, 0.4) is 0 Å². The minimum absolute atomic E-state index is 0.199. The summed E-state index contributed by atoms with van der Waals surface area (Å²) in [6, 6.07) is 10.6. The molecule has 2 fully saturated rings. The smallest absolute Gasteiger partial charge is 0.255 e. The van der Waals surface area contributed by atoms with Crippen molar-refractivity contribution in [1.29, 1.82) is 0 Å². The van der Waals surface area contributed by atoms with Gasteiger partial charge in [-0.1, -0.05) is 17.3 Å². The van der Waals surface area contributed by atoms with Crippen LogP contribution in [0.4, 0.5) is 0 Å². The van der Waals surface area contributed by atoms with Crippen molar-refractivity contribution in [3.8, 4) is 17.1 Å². The highest BCUT2D eigenvalue weighted by atomic mass is 16.5. The van der Waals surface area contributed by atoms with Crippen LogP contribution in [0, 0.1) is 0 Å². The van der Waals surface area contributed by atoms with E-state index in [9.17, 15) is 14.4 Å². The summed E-state index contributed by atoms with van der Waals surface area (Å²) in [7, 11) is 0. The van der Waals surface area contributed by atoms with E-state index < -0.39 is 11.9 Å². The number of aromatic nitrogens is 4. The Kier molecular flexibility index (Phi) is 5.37. The SMILES string of the molecule is O=C1CCC(N2Cc3cc(-c4cn(-c5cccc(COC6CCC6)n5)nn4)ccc3C2=O)C(=O)N1. The molecule has 1 aliphatic carbocycles. The van der Waals surface area contributed by atoms with Crippen LogP contribution in [-0.4, -0.2) is 54.7 Å². The number of carbonyl (C=O) groups excluding carboxylic acids is 3. The zero-order valence-corrected chi connectivity index (χ0v) is 19.0. The lowest BCUT2D eigenvalue weighted by Crippen LogP contribution is -2.52. The number of hydrogen-bond donors (Lipinski definition) is 1. The minimum Gasteiger partial charge on any atom is -0.372 e. The van der Waals surface area contributed by atoms with Crippen molar-refractivity contribution >= 4 is 17.7 Å². The number of ether oxygens (including phenoxy) is 1. The summed E-state index contributed by atoms with van der Waals surface area (Å²) >= 11 is 0. The summed E-state index contributed by atoms with van der Waals surface area (Å²) in [5.41, 5.74) is 3.69. The average Bonchev–Trinajstić information content (AvgIpc) is 3.44. The van der Waals surface area contributed by atoms with Gasteiger partial charge in [0.25, 0.3) is 5.91 Å². The van der Waals surface area contributed by atoms with E-state index in [-0.39, 0.29) is 18.2 Å². The number of nitrogens with one attached hydrogen (secondary N) is 1. The first-order valence-corrected chi connectivity index (χ1v) is 11.8. The number of pyridine rings is 1. The van der Waals surface area contributed by atoms with Crippen molar-refractivity contribution in [2.45, 2.75) is 57.4 Å². The van der Waals surface area contributed by atoms with Crippen molar-refractivity contribution in [2.75, 3.05) is 0 Å². The highest BCUT2D eigenvalue weighted by Gasteiger charge is 2.39. The lowest BCUT2D eigenvalue weighted by Gasteiger charge is -2.29. The van der Waals surface area contributed by atoms with Crippen molar-refractivity contribution in [3.63, 3.8) is 0 Å². The normalized spacial score (nSPS) is 20.1. The van der Waals surface area contributed by atoms with Crippen LogP contribution < -0.4 is 5.32 Å². The van der Waals surface area contributed by atoms with Gasteiger partial charge in [0.1, 0.15) is 11.7 Å². The quantitative estimate of drug-likeness (QED) is 0.546. The van der Waals surface area contributed by atoms with Gasteiger partial charge >= 0.3 is 0 Å². The molecule has 0 bridgehead atoms. The van der Waals surface area contributed by atoms with E-state index in [1.807, 2.05) is 30.3 Å². The van der Waals surface area contributed by atoms with Gasteiger partial charge in [0.2, 0.25) is 11.8 Å². The molecule has 10 heteroatoms. The van der Waals surface area contributed by atoms with E-state index in [4.69, 9.17) is 4.74 Å². The molecule has 3 aliphatic rings. The Balaban J connectivity index is 1.19. The standard InChI is InChI=1S/C25H24N6O4/c32-23-10-9-21(24(33)27-23)30-12-16-11-15(7-8-19(16)25(30)34)20-13-31(29-28-20)22-6-1-3-17(26-22)14-35-18-4-2-5-18/h1,3,6-8,11,13,18,21H,2,4-5,9-10,12,14H2,(H,27,32,33). The average molecular weight is 473 g/mol. The zero-order chi connectivity index (χ0) is 23.9. The Bertz CT molecular complexity index is 1330. The molecule has 1 unspecified atom stereocenters. The fourth-order valence-electron chi connectivity index (χ4n) is 4.66. The van der Waals surface area contributed by atoms with Crippen LogP contribution in [0.25, 0.3) is 17.1 Å². The summed E-state index contributed by atoms with van der Waals surface area (Å²) in [6.07, 6.45) is 6.17. The molecular formula is C25H24N6O4. The van der Waals surface area contributed by atoms with Gasteiger partial charge in [0.15, 0.2) is 5.82 Å². The molecule has 6 rings (SSSR count). The fourth-order valence-corrected chi connectivity index (χ4v) is 4.66. The molecule has 1 saturated heterocycles. The van der Waals surface area contributed by atoms with Gasteiger partial charge < -0.3 is 9.64 Å². The van der Waals surface area contributed by atoms with Gasteiger partial charge in [-0.3, -0.25) is 19.7 Å². The Morgan fingerprint density at radius 2 is 1.97 bits per heavy atom. The summed E-state index contributed by atoms with van der Waals surface area (Å²) in [5.74, 6) is -0.265. The van der Waals surface area contributed by atoms with Crippen LogP contribution >= 0.6 is 0 Å². The first-order chi connectivity index (χ1) is 17.0. The van der Waals surface area contributed by atoms with Gasteiger partial charge in [-0.25, -0.2) is 9.67 Å². The highest BCUT2D eigenvalue weighted by Crippen LogP contribution is 2.31. The maximum atomic E-state index is 12.9. The first-order valence-electron chi connectivity index (χ1n) is 11.8. The van der Waals surface area contributed by atoms with Crippen LogP contribution in [-0.2, 0) is 27.5 Å². The van der Waals surface area contributed by atoms with E-state index in [0.29, 0.717) is 42.8 Å². The predicted octanol–water partition coefficient (Wildman–Crippen LogP) is 2.16. The second-order valence-electron chi connectivity index (χ2n) is 9.17. The summed E-state index contributed by atoms with van der Waals surface area (Å²) in [6.45, 7) is 0.787. The molecular weight excluding hydrogens is 448 g/mol. The Morgan fingerprint density at radius 1 is 1.09 bits per heavy atom. The molecule has 10 nitrogen and oxygen atoms in total. The summed E-state index contributed by atoms with van der Waals surface area (Å²) < 4.78 is 7.49. The fraction of sp³-hybridized carbons (Fsp3) is 0.360. The molecule has 35 heavy (non-hydrogen) atoms. The lowest BCUT2D eigenvalue weighted by molar-refractivity contribution is -0.136. The Labute approximate surface area is 201 Å². The Morgan fingerprint density at radius 3 is 2.77 bits per heavy atom. The number of amides is 3. The van der Waals surface area contributed by atoms with E-state index in [2.05, 4.69) is 20.6 Å². The number of piperidine rings is 1. The van der Waals surface area contributed by atoms with E-state index in [1.54, 1.807) is 16.9 Å². The number of imide groups is 1. The number of fused-ring (bicyclic) bond motifs is 1. The molecule has 0 radical (unpaired) electrons. The second kappa shape index (κ2) is 8.70. The maximum Gasteiger partial charge on any atom is 0.255 e. The molecule has 2 aliphatic heterocycles. The molecule has 4 heterocycles. The molecule has 1 atom stereocenters. The highest BCUT2D eigenvalue weighted by molar-refractivity contribution is 6.05. The number of carbonyl (C=O) groups is 3. The second-order valence-corrected chi connectivity index (χ2v) is 9.17. The predicted molar refractivity (Wildman–Crippen MR) is 123 cm³/mol. The summed E-state index contributed by atoms with van der Waals surface area (Å²) in [4.78, 5) is 42.8. The zero-order valence-electron chi connectivity index (χ0n) is 19.0. The third kappa shape index (κ3) is 4.10. The molecule has 0 spiro atoms. The number of benzene rings is 1. The monoisotopic (exact) mass is 472 g/mol. The van der Waals surface area contributed by atoms with Gasteiger partial charge in [-0.15, -0.1) is 5.10 Å². The maximum absolute atomic E-state index is 12.9. The molecule has 1 N–H and O–H groups in total. The van der Waals surface area contributed by atoms with Crippen LogP contribution in [0.2, 0.25) is 0 Å². The largest absolute Gasteiger partial charge is 0.372 e. The van der Waals surface area contributed by atoms with Crippen molar-refractivity contribution in [3.05, 3.63) is 59.4 Å². The lowest BCUT2D eigenvalue weighted by atomic mass is 9.96. The van der Waals surface area contributed by atoms with Crippen molar-refractivity contribution in [1.82, 2.24) is 30.2 Å². The molecule has 178 valence electrons. The van der Waals surface area contributed by atoms with Crippen LogP contribution in [0.1, 0.15) is 53.7 Å². The summed E-state index contributed by atoms with van der Waals surface area (Å²) in [5, 5.41) is 10.9. The van der Waals surface area contributed by atoms with Crippen molar-refractivity contribution < 1.29 is 19.1 Å². The van der Waals surface area contributed by atoms with Crippen LogP contribution in [0.5, 0.6) is 0 Å². The topological polar surface area (TPSA) is 119 Å². The molecule has 3 amide bonds. The number of nitrogens with zero attached hydrogens (tertiary/aromatic N) is 5. The molecule has 2 aromatic heterocycles. The Hall–Kier alpha value is -3.92. The number of hydrogen-bond acceptors (Lipinski definition) is 7. The van der Waals surface area contributed by atoms with Crippen molar-refractivity contribution in [2.24, 2.45) is 0 Å². The van der Waals surface area contributed by atoms with E-state index >= 15 is 0 Å². The molecule has 1 saturated carbocycles. The van der Waals surface area contributed by atoms with Gasteiger partial charge in [0, 0.05) is 24.1 Å². The molecule has 3 aromatic rings. The third-order valence-electron chi connectivity index (χ3n) is 6.86. The molecule has 1 aromatic carbocycles. The minimum atomic E-state index is -0.636. The third-order valence-corrected chi connectivity index (χ3v) is 6.86. The van der Waals surface area contributed by atoms with Gasteiger partial charge in [0.05, 0.1) is 24.6 Å².